The van der Waals surface area contributed by atoms with Crippen LogP contribution in [0.3, 0.4) is 0 Å². The Hall–Kier alpha value is -3.26. The Labute approximate surface area is 147 Å². The van der Waals surface area contributed by atoms with E-state index in [1.165, 1.54) is 23.5 Å². The summed E-state index contributed by atoms with van der Waals surface area (Å²) in [5.41, 5.74) is 1.66. The molecule has 0 saturated carbocycles. The van der Waals surface area contributed by atoms with Crippen LogP contribution >= 0.6 is 11.3 Å². The summed E-state index contributed by atoms with van der Waals surface area (Å²) in [6.07, 6.45) is 0. The first-order chi connectivity index (χ1) is 12.1. The highest BCUT2D eigenvalue weighted by Crippen LogP contribution is 2.27. The van der Waals surface area contributed by atoms with Crippen molar-refractivity contribution in [3.63, 3.8) is 0 Å². The molecule has 126 valence electrons. The number of aromatic nitrogens is 1. The molecule has 3 rings (SSSR count). The van der Waals surface area contributed by atoms with E-state index in [1.54, 1.807) is 48.9 Å². The predicted molar refractivity (Wildman–Crippen MR) is 95.2 cm³/mol. The number of benzene rings is 2. The van der Waals surface area contributed by atoms with E-state index in [1.807, 2.05) is 0 Å². The number of non-ortho nitro benzene ring substituents is 1. The SMILES string of the molecule is COc1ccc(C(=O)Nc2nc(-c3cccc([N+](=O)[O-])c3)cs2)cc1. The maximum Gasteiger partial charge on any atom is 0.270 e. The summed E-state index contributed by atoms with van der Waals surface area (Å²) in [6, 6.07) is 12.9. The first kappa shape index (κ1) is 16.6. The number of carbonyl (C=O) groups excluding carboxylic acids is 1. The summed E-state index contributed by atoms with van der Waals surface area (Å²) < 4.78 is 5.06. The van der Waals surface area contributed by atoms with E-state index >= 15 is 0 Å². The van der Waals surface area contributed by atoms with E-state index in [2.05, 4.69) is 10.3 Å². The summed E-state index contributed by atoms with van der Waals surface area (Å²) in [5.74, 6) is 0.376. The molecule has 7 nitrogen and oxygen atoms in total. The number of thiazole rings is 1. The van der Waals surface area contributed by atoms with Gasteiger partial charge in [0.2, 0.25) is 0 Å². The molecular formula is C17H13N3O4S. The Balaban J connectivity index is 1.76. The Morgan fingerprint density at radius 1 is 1.24 bits per heavy atom. The number of nitro benzene ring substituents is 1. The fraction of sp³-hybridized carbons (Fsp3) is 0.0588. The van der Waals surface area contributed by atoms with Gasteiger partial charge in [0.05, 0.1) is 17.7 Å². The summed E-state index contributed by atoms with van der Waals surface area (Å²) in [5, 5.41) is 15.7. The monoisotopic (exact) mass is 355 g/mol. The van der Waals surface area contributed by atoms with Crippen molar-refractivity contribution in [3.05, 3.63) is 69.6 Å². The van der Waals surface area contributed by atoms with Crippen molar-refractivity contribution in [1.82, 2.24) is 4.98 Å². The molecule has 1 heterocycles. The van der Waals surface area contributed by atoms with Crippen LogP contribution in [0, 0.1) is 10.1 Å². The second kappa shape index (κ2) is 7.10. The van der Waals surface area contributed by atoms with Crippen LogP contribution in [0.2, 0.25) is 0 Å². The van der Waals surface area contributed by atoms with Crippen LogP contribution in [-0.2, 0) is 0 Å². The third-order valence-corrected chi connectivity index (χ3v) is 4.19. The molecule has 0 spiro atoms. The van der Waals surface area contributed by atoms with Crippen LogP contribution < -0.4 is 10.1 Å². The molecule has 8 heteroatoms. The van der Waals surface area contributed by atoms with Crippen LogP contribution in [-0.4, -0.2) is 22.9 Å². The number of nitrogens with one attached hydrogen (secondary N) is 1. The number of amides is 1. The molecule has 0 aliphatic heterocycles. The van der Waals surface area contributed by atoms with Gasteiger partial charge in [-0.1, -0.05) is 12.1 Å². The summed E-state index contributed by atoms with van der Waals surface area (Å²) >= 11 is 1.25. The third-order valence-electron chi connectivity index (χ3n) is 3.43. The van der Waals surface area contributed by atoms with Crippen LogP contribution in [0.1, 0.15) is 10.4 Å². The minimum Gasteiger partial charge on any atom is -0.497 e. The van der Waals surface area contributed by atoms with Gasteiger partial charge in [0.25, 0.3) is 11.6 Å². The first-order valence-corrected chi connectivity index (χ1v) is 8.10. The van der Waals surface area contributed by atoms with E-state index in [0.717, 1.165) is 0 Å². The number of methoxy groups -OCH3 is 1. The molecule has 0 fully saturated rings. The molecule has 0 saturated heterocycles. The van der Waals surface area contributed by atoms with Gasteiger partial charge in [-0.05, 0) is 24.3 Å². The minimum absolute atomic E-state index is 0.00526. The van der Waals surface area contributed by atoms with Crippen molar-refractivity contribution in [2.75, 3.05) is 12.4 Å². The van der Waals surface area contributed by atoms with Gasteiger partial charge in [0.15, 0.2) is 5.13 Å². The average molecular weight is 355 g/mol. The van der Waals surface area contributed by atoms with Gasteiger partial charge in [-0.15, -0.1) is 11.3 Å². The maximum atomic E-state index is 12.2. The highest BCUT2D eigenvalue weighted by atomic mass is 32.1. The minimum atomic E-state index is -0.456. The topological polar surface area (TPSA) is 94.4 Å². The van der Waals surface area contributed by atoms with Gasteiger partial charge in [-0.3, -0.25) is 20.2 Å². The number of hydrogen-bond donors (Lipinski definition) is 1. The second-order valence-corrected chi connectivity index (χ2v) is 5.89. The van der Waals surface area contributed by atoms with E-state index in [9.17, 15) is 14.9 Å². The van der Waals surface area contributed by atoms with Crippen molar-refractivity contribution in [2.45, 2.75) is 0 Å². The smallest absolute Gasteiger partial charge is 0.270 e. The number of rotatable bonds is 5. The number of hydrogen-bond acceptors (Lipinski definition) is 6. The number of nitro groups is 1. The zero-order valence-electron chi connectivity index (χ0n) is 13.1. The van der Waals surface area contributed by atoms with Crippen LogP contribution in [0.4, 0.5) is 10.8 Å². The second-order valence-electron chi connectivity index (χ2n) is 5.03. The summed E-state index contributed by atoms with van der Waals surface area (Å²) in [7, 11) is 1.56. The molecule has 0 aliphatic carbocycles. The fourth-order valence-electron chi connectivity index (χ4n) is 2.15. The molecule has 1 amide bonds. The number of ether oxygens (including phenoxy) is 1. The molecule has 0 radical (unpaired) electrons. The van der Waals surface area contributed by atoms with Crippen LogP contribution in [0.5, 0.6) is 5.75 Å². The number of nitrogens with zero attached hydrogens (tertiary/aromatic N) is 2. The van der Waals surface area contributed by atoms with Crippen molar-refractivity contribution in [3.8, 4) is 17.0 Å². The Morgan fingerprint density at radius 2 is 2.00 bits per heavy atom. The molecule has 0 atom stereocenters. The Bertz CT molecular complexity index is 922. The highest BCUT2D eigenvalue weighted by molar-refractivity contribution is 7.14. The normalized spacial score (nSPS) is 10.3. The van der Waals surface area contributed by atoms with Gasteiger partial charge >= 0.3 is 0 Å². The molecule has 2 aromatic carbocycles. The lowest BCUT2D eigenvalue weighted by molar-refractivity contribution is -0.384. The lowest BCUT2D eigenvalue weighted by Crippen LogP contribution is -2.11. The molecule has 0 bridgehead atoms. The van der Waals surface area contributed by atoms with E-state index in [4.69, 9.17) is 4.74 Å². The van der Waals surface area contributed by atoms with E-state index < -0.39 is 4.92 Å². The van der Waals surface area contributed by atoms with Crippen molar-refractivity contribution >= 4 is 28.1 Å². The molecule has 0 unspecified atom stereocenters. The molecule has 1 N–H and O–H groups in total. The van der Waals surface area contributed by atoms with Crippen molar-refractivity contribution < 1.29 is 14.5 Å². The zero-order chi connectivity index (χ0) is 17.8. The zero-order valence-corrected chi connectivity index (χ0v) is 13.9. The highest BCUT2D eigenvalue weighted by Gasteiger charge is 2.12. The van der Waals surface area contributed by atoms with Gasteiger partial charge in [-0.25, -0.2) is 4.98 Å². The predicted octanol–water partition coefficient (Wildman–Crippen LogP) is 3.98. The average Bonchev–Trinajstić information content (AvgIpc) is 3.10. The van der Waals surface area contributed by atoms with E-state index in [0.29, 0.717) is 27.7 Å². The van der Waals surface area contributed by atoms with Gasteiger partial charge in [-0.2, -0.15) is 0 Å². The van der Waals surface area contributed by atoms with E-state index in [-0.39, 0.29) is 11.6 Å². The lowest BCUT2D eigenvalue weighted by atomic mass is 10.1. The number of carbonyl (C=O) groups is 1. The van der Waals surface area contributed by atoms with Gasteiger partial charge in [0, 0.05) is 28.6 Å². The molecule has 1 aromatic heterocycles. The quantitative estimate of drug-likeness (QED) is 0.552. The van der Waals surface area contributed by atoms with Gasteiger partial charge < -0.3 is 4.74 Å². The van der Waals surface area contributed by atoms with Crippen molar-refractivity contribution in [2.24, 2.45) is 0 Å². The van der Waals surface area contributed by atoms with Crippen molar-refractivity contribution in [1.29, 1.82) is 0 Å². The standard InChI is InChI=1S/C17H13N3O4S/c1-24-14-7-5-11(6-8-14)16(21)19-17-18-15(10-25-17)12-3-2-4-13(9-12)20(22)23/h2-10H,1H3,(H,18,19,21). The molecule has 25 heavy (non-hydrogen) atoms. The Morgan fingerprint density at radius 3 is 2.68 bits per heavy atom. The lowest BCUT2D eigenvalue weighted by Gasteiger charge is -2.03. The number of anilines is 1. The Kier molecular flexibility index (Phi) is 4.71. The summed E-state index contributed by atoms with van der Waals surface area (Å²) in [4.78, 5) is 27.0. The first-order valence-electron chi connectivity index (χ1n) is 7.22. The largest absolute Gasteiger partial charge is 0.497 e. The van der Waals surface area contributed by atoms with Crippen LogP contribution in [0.15, 0.2) is 53.9 Å². The molecule has 0 aliphatic rings. The fourth-order valence-corrected chi connectivity index (χ4v) is 2.87. The third kappa shape index (κ3) is 3.81. The summed E-state index contributed by atoms with van der Waals surface area (Å²) in [6.45, 7) is 0. The molecule has 3 aromatic rings. The molecular weight excluding hydrogens is 342 g/mol. The van der Waals surface area contributed by atoms with Gasteiger partial charge in [0.1, 0.15) is 5.75 Å². The van der Waals surface area contributed by atoms with Crippen LogP contribution in [0.25, 0.3) is 11.3 Å². The maximum absolute atomic E-state index is 12.2.